The molecule has 0 bridgehead atoms. The average Bonchev–Trinajstić information content (AvgIpc) is 3.06. The first-order chi connectivity index (χ1) is 15.5. The van der Waals surface area contributed by atoms with Crippen molar-refractivity contribution in [1.29, 1.82) is 0 Å². The summed E-state index contributed by atoms with van der Waals surface area (Å²) in [4.78, 5) is 22.7. The third-order valence-corrected chi connectivity index (χ3v) is 7.02. The number of aliphatic carboxylic acids is 1. The van der Waals surface area contributed by atoms with E-state index in [0.717, 1.165) is 31.9 Å². The van der Waals surface area contributed by atoms with Crippen molar-refractivity contribution in [1.82, 2.24) is 4.57 Å². The normalized spacial score (nSPS) is 11.4. The standard InChI is InChI=1S/C25H24AsNO5/c1-17(28)26-18-6-4-7-19(14-18)31-12-5-13-32-20-10-11-22-21-8-2-3-9-23(21)27(16-25(29)30)24(22)15-20/h2-4,6-11,14-15,26H,5,12-13,16H2,1H3,(H,29,30). The Morgan fingerprint density at radius 2 is 1.59 bits per heavy atom. The third kappa shape index (κ3) is 5.14. The number of para-hydroxylation sites is 1. The predicted molar refractivity (Wildman–Crippen MR) is 127 cm³/mol. The molecule has 6 nitrogen and oxygen atoms in total. The number of benzene rings is 3. The predicted octanol–water partition coefficient (Wildman–Crippen LogP) is 3.34. The van der Waals surface area contributed by atoms with Crippen molar-refractivity contribution in [2.24, 2.45) is 0 Å². The maximum atomic E-state index is 11.4. The summed E-state index contributed by atoms with van der Waals surface area (Å²) in [6.45, 7) is 2.51. The van der Waals surface area contributed by atoms with Crippen LogP contribution in [0.4, 0.5) is 0 Å². The van der Waals surface area contributed by atoms with Crippen LogP contribution in [0.3, 0.4) is 0 Å². The third-order valence-electron chi connectivity index (χ3n) is 5.02. The van der Waals surface area contributed by atoms with Crippen LogP contribution >= 0.6 is 0 Å². The molecule has 4 aromatic rings. The number of carbonyl (C=O) groups is 2. The molecule has 0 saturated carbocycles. The van der Waals surface area contributed by atoms with Crippen molar-refractivity contribution in [2.75, 3.05) is 13.2 Å². The molecular weight excluding hydrogens is 469 g/mol. The van der Waals surface area contributed by atoms with Crippen LogP contribution in [-0.2, 0) is 16.1 Å². The van der Waals surface area contributed by atoms with Gasteiger partial charge in [0.2, 0.25) is 0 Å². The number of nitrogens with zero attached hydrogens (tertiary/aromatic N) is 1. The SMILES string of the molecule is CC(=O)[AsH]c1cccc(OCCCOc2ccc3c4ccccc4n(CC(=O)O)c3c2)c1. The topological polar surface area (TPSA) is 77.8 Å². The maximum absolute atomic E-state index is 11.4. The molecule has 7 heteroatoms. The van der Waals surface area contributed by atoms with E-state index in [4.69, 9.17) is 9.47 Å². The Labute approximate surface area is 192 Å². The molecule has 0 fully saturated rings. The van der Waals surface area contributed by atoms with Crippen molar-refractivity contribution in [3.63, 3.8) is 0 Å². The summed E-state index contributed by atoms with van der Waals surface area (Å²) in [5.74, 6) is 0.582. The minimum absolute atomic E-state index is 0.105. The van der Waals surface area contributed by atoms with E-state index in [-0.39, 0.29) is 11.1 Å². The molecule has 0 aliphatic rings. The Kier molecular flexibility index (Phi) is 6.81. The van der Waals surface area contributed by atoms with Crippen LogP contribution in [0.1, 0.15) is 13.3 Å². The Bertz CT molecular complexity index is 1280. The van der Waals surface area contributed by atoms with Gasteiger partial charge in [0, 0.05) is 10.9 Å². The first-order valence-electron chi connectivity index (χ1n) is 10.4. The van der Waals surface area contributed by atoms with Crippen molar-refractivity contribution < 1.29 is 24.2 Å². The van der Waals surface area contributed by atoms with Crippen LogP contribution < -0.4 is 13.8 Å². The van der Waals surface area contributed by atoms with Gasteiger partial charge in [-0.05, 0) is 6.07 Å². The summed E-state index contributed by atoms with van der Waals surface area (Å²) in [6.07, 6.45) is 0.698. The van der Waals surface area contributed by atoms with Crippen LogP contribution in [-0.4, -0.2) is 49.2 Å². The summed E-state index contributed by atoms with van der Waals surface area (Å²) in [5.41, 5.74) is 1.73. The zero-order valence-corrected chi connectivity index (χ0v) is 19.8. The number of aromatic nitrogens is 1. The van der Waals surface area contributed by atoms with E-state index in [1.54, 1.807) is 11.5 Å². The Hall–Kier alpha value is -3.24. The number of hydrogen-bond donors (Lipinski definition) is 1. The van der Waals surface area contributed by atoms with Crippen molar-refractivity contribution >= 4 is 52.4 Å². The Morgan fingerprint density at radius 1 is 0.875 bits per heavy atom. The summed E-state index contributed by atoms with van der Waals surface area (Å²) in [6, 6.07) is 21.3. The van der Waals surface area contributed by atoms with Gasteiger partial charge in [-0.1, -0.05) is 18.2 Å². The number of carboxylic acid groups (broad SMARTS) is 1. The molecular formula is C25H24AsNO5. The number of hydrogen-bond acceptors (Lipinski definition) is 4. The second-order valence-electron chi connectivity index (χ2n) is 7.44. The number of carboxylic acids is 1. The summed E-state index contributed by atoms with van der Waals surface area (Å²) in [7, 11) is 0. The van der Waals surface area contributed by atoms with Crippen molar-refractivity contribution in [3.8, 4) is 11.5 Å². The van der Waals surface area contributed by atoms with E-state index in [2.05, 4.69) is 0 Å². The molecule has 1 unspecified atom stereocenters. The van der Waals surface area contributed by atoms with E-state index in [1.807, 2.05) is 66.7 Å². The van der Waals surface area contributed by atoms with Gasteiger partial charge in [-0.2, -0.15) is 0 Å². The first kappa shape index (κ1) is 22.0. The van der Waals surface area contributed by atoms with Crippen LogP contribution in [0.2, 0.25) is 0 Å². The molecule has 1 N–H and O–H groups in total. The van der Waals surface area contributed by atoms with Gasteiger partial charge in [0.15, 0.2) is 0 Å². The first-order valence-corrected chi connectivity index (χ1v) is 12.5. The summed E-state index contributed by atoms with van der Waals surface area (Å²) >= 11 is -0.757. The van der Waals surface area contributed by atoms with Crippen LogP contribution in [0.5, 0.6) is 11.5 Å². The molecule has 1 atom stereocenters. The van der Waals surface area contributed by atoms with Gasteiger partial charge in [-0.3, -0.25) is 4.79 Å². The van der Waals surface area contributed by atoms with E-state index < -0.39 is 21.7 Å². The zero-order chi connectivity index (χ0) is 22.5. The minimum atomic E-state index is -0.883. The van der Waals surface area contributed by atoms with Gasteiger partial charge in [0.05, 0.1) is 0 Å². The van der Waals surface area contributed by atoms with Gasteiger partial charge < -0.3 is 5.11 Å². The molecule has 4 rings (SSSR count). The molecule has 0 aliphatic carbocycles. The molecule has 3 aromatic carbocycles. The number of fused-ring (bicyclic) bond motifs is 3. The van der Waals surface area contributed by atoms with E-state index in [0.29, 0.717) is 25.4 Å². The van der Waals surface area contributed by atoms with Crippen molar-refractivity contribution in [2.45, 2.75) is 19.9 Å². The van der Waals surface area contributed by atoms with Gasteiger partial charge in [0.1, 0.15) is 6.54 Å². The fourth-order valence-corrected chi connectivity index (χ4v) is 5.41. The Morgan fingerprint density at radius 3 is 2.34 bits per heavy atom. The molecule has 0 aliphatic heterocycles. The second kappa shape index (κ2) is 9.92. The van der Waals surface area contributed by atoms with E-state index >= 15 is 0 Å². The average molecular weight is 493 g/mol. The van der Waals surface area contributed by atoms with Crippen LogP contribution in [0.15, 0.2) is 66.7 Å². The molecule has 0 spiro atoms. The molecule has 0 radical (unpaired) electrons. The van der Waals surface area contributed by atoms with Gasteiger partial charge in [0.25, 0.3) is 0 Å². The monoisotopic (exact) mass is 493 g/mol. The fourth-order valence-electron chi connectivity index (χ4n) is 3.73. The van der Waals surface area contributed by atoms with Crippen LogP contribution in [0.25, 0.3) is 21.8 Å². The summed E-state index contributed by atoms with van der Waals surface area (Å²) < 4.78 is 14.8. The van der Waals surface area contributed by atoms with Gasteiger partial charge >= 0.3 is 141 Å². The van der Waals surface area contributed by atoms with E-state index in [1.165, 1.54) is 0 Å². The summed E-state index contributed by atoms with van der Waals surface area (Å²) in [5, 5.41) is 11.4. The molecule has 32 heavy (non-hydrogen) atoms. The van der Waals surface area contributed by atoms with Crippen LogP contribution in [0, 0.1) is 0 Å². The van der Waals surface area contributed by atoms with Crippen molar-refractivity contribution in [3.05, 3.63) is 66.7 Å². The number of ether oxygens (including phenoxy) is 2. The zero-order valence-electron chi connectivity index (χ0n) is 17.7. The molecule has 1 heterocycles. The molecule has 164 valence electrons. The van der Waals surface area contributed by atoms with Gasteiger partial charge in [-0.15, -0.1) is 0 Å². The fraction of sp³-hybridized carbons (Fsp3) is 0.200. The number of rotatable bonds is 10. The second-order valence-corrected chi connectivity index (χ2v) is 10.6. The quantitative estimate of drug-likeness (QED) is 0.271. The molecule has 0 saturated heterocycles. The van der Waals surface area contributed by atoms with Gasteiger partial charge in [-0.25, -0.2) is 0 Å². The van der Waals surface area contributed by atoms with E-state index in [9.17, 15) is 14.7 Å². The molecule has 0 amide bonds. The number of carbonyl (C=O) groups excluding carboxylic acids is 1. The Balaban J connectivity index is 1.39. The molecule has 1 aromatic heterocycles.